The van der Waals surface area contributed by atoms with Gasteiger partial charge in [-0.15, -0.1) is 0 Å². The predicted octanol–water partition coefficient (Wildman–Crippen LogP) is 1.02. The summed E-state index contributed by atoms with van der Waals surface area (Å²) in [6.45, 7) is 3.65. The number of carbonyl (C=O) groups excluding carboxylic acids is 2. The largest absolute Gasteiger partial charge is 0.368 e. The molecule has 114 valence electrons. The van der Waals surface area contributed by atoms with Crippen LogP contribution in [0.4, 0.5) is 0 Å². The minimum Gasteiger partial charge on any atom is -0.368 e. The minimum atomic E-state index is -0.822. The molecule has 0 aromatic heterocycles. The number of amides is 2. The van der Waals surface area contributed by atoms with Crippen LogP contribution in [0.3, 0.4) is 0 Å². The fourth-order valence-corrected chi connectivity index (χ4v) is 3.51. The van der Waals surface area contributed by atoms with Gasteiger partial charge in [0.15, 0.2) is 0 Å². The average Bonchev–Trinajstić information content (AvgIpc) is 2.62. The van der Waals surface area contributed by atoms with Gasteiger partial charge in [-0.1, -0.05) is 25.7 Å². The molecule has 1 aliphatic heterocycles. The lowest BCUT2D eigenvalue weighted by atomic mass is 9.84. The number of rotatable bonds is 3. The van der Waals surface area contributed by atoms with Crippen molar-refractivity contribution < 1.29 is 9.59 Å². The molecule has 2 amide bonds. The molecule has 2 rings (SSSR count). The van der Waals surface area contributed by atoms with Crippen molar-refractivity contribution in [3.05, 3.63) is 0 Å². The van der Waals surface area contributed by atoms with Gasteiger partial charge in [-0.25, -0.2) is 0 Å². The lowest BCUT2D eigenvalue weighted by Gasteiger charge is -2.34. The molecule has 1 heterocycles. The zero-order valence-electron chi connectivity index (χ0n) is 12.7. The second kappa shape index (κ2) is 5.72. The highest BCUT2D eigenvalue weighted by atomic mass is 16.2. The van der Waals surface area contributed by atoms with Crippen LogP contribution in [-0.4, -0.2) is 42.4 Å². The smallest absolute Gasteiger partial charge is 0.243 e. The Labute approximate surface area is 121 Å². The summed E-state index contributed by atoms with van der Waals surface area (Å²) in [4.78, 5) is 26.8. The van der Waals surface area contributed by atoms with E-state index in [1.807, 2.05) is 14.0 Å². The first kappa shape index (κ1) is 15.3. The van der Waals surface area contributed by atoms with Crippen LogP contribution in [0.15, 0.2) is 0 Å². The summed E-state index contributed by atoms with van der Waals surface area (Å²) in [5.74, 6) is -0.384. The highest BCUT2D eigenvalue weighted by Crippen LogP contribution is 2.32. The Balaban J connectivity index is 2.11. The third-order valence-electron chi connectivity index (χ3n) is 4.99. The molecule has 5 nitrogen and oxygen atoms in total. The molecule has 1 saturated heterocycles. The minimum absolute atomic E-state index is 0.0115. The molecule has 1 aliphatic carbocycles. The number of nitrogens with two attached hydrogens (primary N) is 1. The fraction of sp³-hybridized carbons (Fsp3) is 0.867. The van der Waals surface area contributed by atoms with E-state index in [1.165, 1.54) is 0 Å². The molecular formula is C15H27N3O2. The number of primary amides is 1. The van der Waals surface area contributed by atoms with E-state index in [2.05, 4.69) is 10.2 Å². The van der Waals surface area contributed by atoms with Crippen LogP contribution >= 0.6 is 0 Å². The van der Waals surface area contributed by atoms with Gasteiger partial charge in [0.1, 0.15) is 5.54 Å². The Hall–Kier alpha value is -1.10. The Morgan fingerprint density at radius 3 is 2.15 bits per heavy atom. The Morgan fingerprint density at radius 1 is 1.10 bits per heavy atom. The number of carbonyl (C=O) groups is 2. The van der Waals surface area contributed by atoms with E-state index < -0.39 is 11.0 Å². The summed E-state index contributed by atoms with van der Waals surface area (Å²) in [6.07, 6.45) is 6.35. The fourth-order valence-electron chi connectivity index (χ4n) is 3.51. The van der Waals surface area contributed by atoms with Crippen LogP contribution in [0.5, 0.6) is 0 Å². The molecule has 0 aromatic carbocycles. The average molecular weight is 281 g/mol. The summed E-state index contributed by atoms with van der Waals surface area (Å²) in [7, 11) is 2.02. The standard InChI is InChI=1S/C15H27N3O2/c1-14(9-10-18(2)11-14)13(20)17-15(12(16)19)7-5-3-4-6-8-15/h3-11H2,1-2H3,(H2,16,19)(H,17,20)/t14-/m1/s1. The zero-order valence-corrected chi connectivity index (χ0v) is 12.7. The maximum atomic E-state index is 12.7. The van der Waals surface area contributed by atoms with Crippen LogP contribution < -0.4 is 11.1 Å². The Kier molecular flexibility index (Phi) is 4.37. The van der Waals surface area contributed by atoms with Crippen molar-refractivity contribution in [1.82, 2.24) is 10.2 Å². The van der Waals surface area contributed by atoms with E-state index in [9.17, 15) is 9.59 Å². The van der Waals surface area contributed by atoms with Crippen molar-refractivity contribution >= 4 is 11.8 Å². The van der Waals surface area contributed by atoms with Crippen molar-refractivity contribution in [2.45, 2.75) is 57.4 Å². The van der Waals surface area contributed by atoms with Crippen LogP contribution in [0.2, 0.25) is 0 Å². The Bertz CT molecular complexity index is 389. The van der Waals surface area contributed by atoms with E-state index in [1.54, 1.807) is 0 Å². The SMILES string of the molecule is CN1CC[C@@](C)(C(=O)NC2(C(N)=O)CCCCCC2)C1. The monoisotopic (exact) mass is 281 g/mol. The maximum Gasteiger partial charge on any atom is 0.243 e. The predicted molar refractivity (Wildman–Crippen MR) is 78.0 cm³/mol. The van der Waals surface area contributed by atoms with Gasteiger partial charge >= 0.3 is 0 Å². The highest BCUT2D eigenvalue weighted by Gasteiger charge is 2.45. The summed E-state index contributed by atoms with van der Waals surface area (Å²) < 4.78 is 0. The summed E-state index contributed by atoms with van der Waals surface area (Å²) >= 11 is 0. The van der Waals surface area contributed by atoms with Gasteiger partial charge in [-0.3, -0.25) is 9.59 Å². The quantitative estimate of drug-likeness (QED) is 0.758. The van der Waals surface area contributed by atoms with Crippen molar-refractivity contribution in [2.75, 3.05) is 20.1 Å². The molecule has 0 aromatic rings. The van der Waals surface area contributed by atoms with E-state index in [-0.39, 0.29) is 11.8 Å². The summed E-state index contributed by atoms with van der Waals surface area (Å²) in [6, 6.07) is 0. The molecule has 1 saturated carbocycles. The van der Waals surface area contributed by atoms with Gasteiger partial charge in [0, 0.05) is 6.54 Å². The first-order valence-electron chi connectivity index (χ1n) is 7.69. The van der Waals surface area contributed by atoms with E-state index >= 15 is 0 Å². The van der Waals surface area contributed by atoms with Crippen molar-refractivity contribution in [1.29, 1.82) is 0 Å². The number of nitrogens with one attached hydrogen (secondary N) is 1. The van der Waals surface area contributed by atoms with Crippen LogP contribution in [0.25, 0.3) is 0 Å². The molecule has 0 radical (unpaired) electrons. The van der Waals surface area contributed by atoms with Crippen molar-refractivity contribution in [3.63, 3.8) is 0 Å². The number of nitrogens with zero attached hydrogens (tertiary/aromatic N) is 1. The third-order valence-corrected chi connectivity index (χ3v) is 4.99. The van der Waals surface area contributed by atoms with E-state index in [0.717, 1.165) is 45.2 Å². The number of hydrogen-bond donors (Lipinski definition) is 2. The van der Waals surface area contributed by atoms with Crippen molar-refractivity contribution in [2.24, 2.45) is 11.1 Å². The summed E-state index contributed by atoms with van der Waals surface area (Å²) in [5.41, 5.74) is 4.40. The molecule has 0 unspecified atom stereocenters. The molecule has 5 heteroatoms. The zero-order chi connectivity index (χ0) is 14.8. The lowest BCUT2D eigenvalue weighted by Crippen LogP contribution is -2.60. The second-order valence-corrected chi connectivity index (χ2v) is 6.86. The van der Waals surface area contributed by atoms with E-state index in [0.29, 0.717) is 12.8 Å². The van der Waals surface area contributed by atoms with Crippen molar-refractivity contribution in [3.8, 4) is 0 Å². The molecule has 2 aliphatic rings. The first-order valence-corrected chi connectivity index (χ1v) is 7.69. The van der Waals surface area contributed by atoms with Gasteiger partial charge < -0.3 is 16.0 Å². The second-order valence-electron chi connectivity index (χ2n) is 6.86. The normalized spacial score (nSPS) is 30.7. The van der Waals surface area contributed by atoms with Gasteiger partial charge in [0.25, 0.3) is 0 Å². The first-order chi connectivity index (χ1) is 9.38. The molecule has 0 bridgehead atoms. The molecule has 1 atom stereocenters. The highest BCUT2D eigenvalue weighted by molar-refractivity contribution is 5.92. The maximum absolute atomic E-state index is 12.7. The molecular weight excluding hydrogens is 254 g/mol. The lowest BCUT2D eigenvalue weighted by molar-refractivity contribution is -0.137. The molecule has 20 heavy (non-hydrogen) atoms. The number of likely N-dealkylation sites (tertiary alicyclic amines) is 1. The van der Waals surface area contributed by atoms with Crippen LogP contribution in [0, 0.1) is 5.41 Å². The van der Waals surface area contributed by atoms with Crippen LogP contribution in [-0.2, 0) is 9.59 Å². The molecule has 2 fully saturated rings. The number of hydrogen-bond acceptors (Lipinski definition) is 3. The van der Waals surface area contributed by atoms with Gasteiger partial charge in [-0.05, 0) is 39.8 Å². The van der Waals surface area contributed by atoms with Gasteiger partial charge in [0.2, 0.25) is 11.8 Å². The topological polar surface area (TPSA) is 75.4 Å². The van der Waals surface area contributed by atoms with Gasteiger partial charge in [0.05, 0.1) is 5.41 Å². The molecule has 3 N–H and O–H groups in total. The van der Waals surface area contributed by atoms with E-state index in [4.69, 9.17) is 5.73 Å². The van der Waals surface area contributed by atoms with Crippen LogP contribution in [0.1, 0.15) is 51.9 Å². The Morgan fingerprint density at radius 2 is 1.70 bits per heavy atom. The summed E-state index contributed by atoms with van der Waals surface area (Å²) in [5, 5.41) is 3.03. The van der Waals surface area contributed by atoms with Gasteiger partial charge in [-0.2, -0.15) is 0 Å². The third kappa shape index (κ3) is 2.97. The molecule has 0 spiro atoms.